The number of ether oxygens (including phenoxy) is 2. The van der Waals surface area contributed by atoms with Crippen molar-refractivity contribution in [1.29, 1.82) is 0 Å². The van der Waals surface area contributed by atoms with Gasteiger partial charge >= 0.3 is 11.9 Å². The molecule has 112 valence electrons. The van der Waals surface area contributed by atoms with E-state index >= 15 is 0 Å². The Kier molecular flexibility index (Phi) is 5.98. The van der Waals surface area contributed by atoms with E-state index in [9.17, 15) is 9.59 Å². The fourth-order valence-electron chi connectivity index (χ4n) is 2.07. The van der Waals surface area contributed by atoms with Crippen molar-refractivity contribution in [3.8, 4) is 12.3 Å². The Bertz CT molecular complexity index is 519. The number of carbonyl (C=O) groups excluding carboxylic acids is 2. The number of carbonyl (C=O) groups is 2. The highest BCUT2D eigenvalue weighted by molar-refractivity contribution is 6.06. The zero-order chi connectivity index (χ0) is 15.9. The highest BCUT2D eigenvalue weighted by Gasteiger charge is 2.50. The molecule has 4 nitrogen and oxygen atoms in total. The topological polar surface area (TPSA) is 52.6 Å². The van der Waals surface area contributed by atoms with E-state index in [0.717, 1.165) is 5.56 Å². The van der Waals surface area contributed by atoms with Crippen LogP contribution in [0.15, 0.2) is 24.3 Å². The zero-order valence-corrected chi connectivity index (χ0v) is 12.6. The summed E-state index contributed by atoms with van der Waals surface area (Å²) in [6.07, 6.45) is 5.28. The normalized spacial score (nSPS) is 10.6. The van der Waals surface area contributed by atoms with E-state index in [1.165, 1.54) is 0 Å². The second-order valence-electron chi connectivity index (χ2n) is 4.59. The van der Waals surface area contributed by atoms with E-state index in [1.807, 2.05) is 19.1 Å². The summed E-state index contributed by atoms with van der Waals surface area (Å²) in [5, 5.41) is 0. The molecule has 1 aromatic rings. The zero-order valence-electron chi connectivity index (χ0n) is 12.6. The van der Waals surface area contributed by atoms with Crippen molar-refractivity contribution in [2.75, 3.05) is 13.2 Å². The lowest BCUT2D eigenvalue weighted by Gasteiger charge is -2.28. The second kappa shape index (κ2) is 7.49. The Morgan fingerprint density at radius 2 is 1.57 bits per heavy atom. The van der Waals surface area contributed by atoms with Crippen LogP contribution in [0, 0.1) is 19.3 Å². The molecule has 0 radical (unpaired) electrons. The monoisotopic (exact) mass is 288 g/mol. The van der Waals surface area contributed by atoms with Gasteiger partial charge in [-0.25, -0.2) is 0 Å². The summed E-state index contributed by atoms with van der Waals surface area (Å²) in [6, 6.07) is 7.05. The van der Waals surface area contributed by atoms with Gasteiger partial charge in [-0.05, 0) is 26.3 Å². The summed E-state index contributed by atoms with van der Waals surface area (Å²) in [7, 11) is 0. The molecule has 0 bridgehead atoms. The van der Waals surface area contributed by atoms with Gasteiger partial charge in [-0.15, -0.1) is 12.3 Å². The van der Waals surface area contributed by atoms with Gasteiger partial charge < -0.3 is 9.47 Å². The molecule has 0 saturated heterocycles. The van der Waals surface area contributed by atoms with Gasteiger partial charge in [0.2, 0.25) is 5.41 Å². The molecular formula is C17H20O4. The van der Waals surface area contributed by atoms with E-state index in [4.69, 9.17) is 15.9 Å². The average Bonchev–Trinajstić information content (AvgIpc) is 2.46. The fraction of sp³-hybridized carbons (Fsp3) is 0.412. The van der Waals surface area contributed by atoms with E-state index in [2.05, 4.69) is 5.92 Å². The third kappa shape index (κ3) is 3.43. The van der Waals surface area contributed by atoms with Crippen molar-refractivity contribution in [2.24, 2.45) is 0 Å². The van der Waals surface area contributed by atoms with Crippen LogP contribution in [0.5, 0.6) is 0 Å². The third-order valence-electron chi connectivity index (χ3n) is 3.16. The molecule has 0 saturated carbocycles. The first-order valence-electron chi connectivity index (χ1n) is 6.88. The van der Waals surface area contributed by atoms with Gasteiger partial charge in [0.1, 0.15) is 0 Å². The molecule has 0 aliphatic heterocycles. The third-order valence-corrected chi connectivity index (χ3v) is 3.16. The summed E-state index contributed by atoms with van der Waals surface area (Å²) in [6.45, 7) is 5.60. The summed E-state index contributed by atoms with van der Waals surface area (Å²) >= 11 is 0. The van der Waals surface area contributed by atoms with Crippen molar-refractivity contribution < 1.29 is 19.1 Å². The molecule has 1 rings (SSSR count). The molecule has 4 heteroatoms. The van der Waals surface area contributed by atoms with Crippen molar-refractivity contribution in [1.82, 2.24) is 0 Å². The van der Waals surface area contributed by atoms with Gasteiger partial charge in [0.05, 0.1) is 13.2 Å². The summed E-state index contributed by atoms with van der Waals surface area (Å²) in [5.74, 6) is 1.05. The Balaban J connectivity index is 3.43. The largest absolute Gasteiger partial charge is 0.465 e. The maximum atomic E-state index is 12.4. The van der Waals surface area contributed by atoms with Crippen LogP contribution in [-0.4, -0.2) is 25.2 Å². The second-order valence-corrected chi connectivity index (χ2v) is 4.59. The molecule has 0 unspecified atom stereocenters. The van der Waals surface area contributed by atoms with Gasteiger partial charge in [-0.1, -0.05) is 29.8 Å². The first kappa shape index (κ1) is 16.8. The standard InChI is InChI=1S/C17H20O4/c1-5-12-17(15(18)20-6-2,16(19)21-7-3)14-10-8-13(4)9-11-14/h1,8-11H,6-7,12H2,2-4H3. The predicted molar refractivity (Wildman–Crippen MR) is 79.6 cm³/mol. The van der Waals surface area contributed by atoms with Crippen LogP contribution in [0.4, 0.5) is 0 Å². The Labute approximate surface area is 125 Å². The molecule has 0 fully saturated rings. The highest BCUT2D eigenvalue weighted by Crippen LogP contribution is 2.32. The van der Waals surface area contributed by atoms with Crippen LogP contribution in [0.1, 0.15) is 31.4 Å². The summed E-state index contributed by atoms with van der Waals surface area (Å²) in [4.78, 5) is 24.9. The molecule has 0 aliphatic rings. The van der Waals surface area contributed by atoms with Crippen LogP contribution in [0.25, 0.3) is 0 Å². The van der Waals surface area contributed by atoms with E-state index in [0.29, 0.717) is 5.56 Å². The minimum atomic E-state index is -1.60. The molecule has 0 atom stereocenters. The van der Waals surface area contributed by atoms with Crippen LogP contribution in [0.3, 0.4) is 0 Å². The molecule has 0 heterocycles. The van der Waals surface area contributed by atoms with Crippen molar-refractivity contribution in [3.05, 3.63) is 35.4 Å². The van der Waals surface area contributed by atoms with Gasteiger partial charge in [-0.3, -0.25) is 9.59 Å². The lowest BCUT2D eigenvalue weighted by atomic mass is 9.77. The van der Waals surface area contributed by atoms with Crippen LogP contribution in [0.2, 0.25) is 0 Å². The van der Waals surface area contributed by atoms with Crippen molar-refractivity contribution in [2.45, 2.75) is 32.6 Å². The number of rotatable bonds is 6. The maximum absolute atomic E-state index is 12.4. The number of aryl methyl sites for hydroxylation is 1. The van der Waals surface area contributed by atoms with E-state index in [1.54, 1.807) is 26.0 Å². The molecule has 21 heavy (non-hydrogen) atoms. The van der Waals surface area contributed by atoms with Crippen molar-refractivity contribution in [3.63, 3.8) is 0 Å². The number of terminal acetylenes is 1. The summed E-state index contributed by atoms with van der Waals surface area (Å²) in [5.41, 5.74) is -0.0990. The average molecular weight is 288 g/mol. The predicted octanol–water partition coefficient (Wildman–Crippen LogP) is 2.38. The molecule has 0 aliphatic carbocycles. The highest BCUT2D eigenvalue weighted by atomic mass is 16.6. The Morgan fingerprint density at radius 3 is 1.95 bits per heavy atom. The minimum absolute atomic E-state index is 0.103. The molecule has 0 aromatic heterocycles. The molecule has 0 N–H and O–H groups in total. The number of esters is 2. The first-order valence-corrected chi connectivity index (χ1v) is 6.88. The van der Waals surface area contributed by atoms with E-state index in [-0.39, 0.29) is 19.6 Å². The number of hydrogen-bond donors (Lipinski definition) is 0. The molecular weight excluding hydrogens is 268 g/mol. The minimum Gasteiger partial charge on any atom is -0.465 e. The van der Waals surface area contributed by atoms with Crippen LogP contribution in [-0.2, 0) is 24.5 Å². The summed E-state index contributed by atoms with van der Waals surface area (Å²) < 4.78 is 10.2. The smallest absolute Gasteiger partial charge is 0.329 e. The fourth-order valence-corrected chi connectivity index (χ4v) is 2.07. The first-order chi connectivity index (χ1) is 10.0. The number of benzene rings is 1. The van der Waals surface area contributed by atoms with Gasteiger partial charge in [0.25, 0.3) is 0 Å². The SMILES string of the molecule is C#CCC(C(=O)OCC)(C(=O)OCC)c1ccc(C)cc1. The van der Waals surface area contributed by atoms with E-state index < -0.39 is 17.4 Å². The molecule has 1 aromatic carbocycles. The van der Waals surface area contributed by atoms with Crippen molar-refractivity contribution >= 4 is 11.9 Å². The Hall–Kier alpha value is -2.28. The van der Waals surface area contributed by atoms with Gasteiger partial charge in [0, 0.05) is 6.42 Å². The molecule has 0 amide bonds. The number of hydrogen-bond acceptors (Lipinski definition) is 4. The molecule has 0 spiro atoms. The maximum Gasteiger partial charge on any atom is 0.329 e. The quantitative estimate of drug-likeness (QED) is 0.458. The van der Waals surface area contributed by atoms with Crippen LogP contribution >= 0.6 is 0 Å². The lowest BCUT2D eigenvalue weighted by molar-refractivity contribution is -0.164. The lowest BCUT2D eigenvalue weighted by Crippen LogP contribution is -2.46. The van der Waals surface area contributed by atoms with Gasteiger partial charge in [0.15, 0.2) is 0 Å². The van der Waals surface area contributed by atoms with Gasteiger partial charge in [-0.2, -0.15) is 0 Å². The van der Waals surface area contributed by atoms with Crippen LogP contribution < -0.4 is 0 Å². The Morgan fingerprint density at radius 1 is 1.10 bits per heavy atom.